The summed E-state index contributed by atoms with van der Waals surface area (Å²) in [7, 11) is 0.766. The molecular formula is C12H21N2O2S+. The van der Waals surface area contributed by atoms with Crippen LogP contribution in [0.5, 0.6) is 0 Å². The van der Waals surface area contributed by atoms with Crippen molar-refractivity contribution < 1.29 is 13.3 Å². The Morgan fingerprint density at radius 3 is 2.29 bits per heavy atom. The smallest absolute Gasteiger partial charge is 0.240 e. The van der Waals surface area contributed by atoms with Gasteiger partial charge in [0.05, 0.1) is 25.5 Å². The molecule has 0 spiro atoms. The lowest BCUT2D eigenvalue weighted by Gasteiger charge is -2.09. The van der Waals surface area contributed by atoms with E-state index < -0.39 is 10.0 Å². The molecule has 0 saturated heterocycles. The average molecular weight is 257 g/mol. The highest BCUT2D eigenvalue weighted by molar-refractivity contribution is 7.89. The first-order chi connectivity index (χ1) is 7.92. The van der Waals surface area contributed by atoms with Crippen molar-refractivity contribution in [3.8, 4) is 0 Å². The largest absolute Gasteiger partial charge is 0.340 e. The molecule has 1 aromatic carbocycles. The van der Waals surface area contributed by atoms with Gasteiger partial charge in [-0.05, 0) is 19.1 Å². The summed E-state index contributed by atoms with van der Waals surface area (Å²) in [6.45, 7) is 3.38. The summed E-state index contributed by atoms with van der Waals surface area (Å²) >= 11 is 0. The van der Waals surface area contributed by atoms with Crippen molar-refractivity contribution in [2.75, 3.05) is 27.2 Å². The van der Waals surface area contributed by atoms with E-state index in [1.54, 1.807) is 24.3 Å². The Labute approximate surface area is 104 Å². The van der Waals surface area contributed by atoms with Gasteiger partial charge in [-0.1, -0.05) is 17.7 Å². The standard InChI is InChI=1S/C12H20N2O2S/c1-11-5-7-12(8-6-11)17(15,16)13-9-4-10-14(2)3/h5-8,13H,4,9-10H2,1-3H3/p+1. The van der Waals surface area contributed by atoms with Gasteiger partial charge in [-0.2, -0.15) is 0 Å². The number of nitrogens with one attached hydrogen (secondary N) is 2. The molecule has 0 aliphatic heterocycles. The Kier molecular flexibility index (Phi) is 5.11. The second-order valence-electron chi connectivity index (χ2n) is 4.52. The Hall–Kier alpha value is -0.910. The molecule has 0 bridgehead atoms. The molecule has 17 heavy (non-hydrogen) atoms. The number of hydrogen-bond donors (Lipinski definition) is 2. The topological polar surface area (TPSA) is 50.6 Å². The van der Waals surface area contributed by atoms with Gasteiger partial charge in [-0.25, -0.2) is 13.1 Å². The van der Waals surface area contributed by atoms with Crippen LogP contribution in [0.3, 0.4) is 0 Å². The van der Waals surface area contributed by atoms with E-state index in [1.807, 2.05) is 6.92 Å². The van der Waals surface area contributed by atoms with Crippen LogP contribution in [0.1, 0.15) is 12.0 Å². The van der Waals surface area contributed by atoms with Crippen molar-refractivity contribution in [2.45, 2.75) is 18.2 Å². The van der Waals surface area contributed by atoms with Crippen molar-refractivity contribution in [2.24, 2.45) is 0 Å². The lowest BCUT2D eigenvalue weighted by molar-refractivity contribution is -0.858. The molecule has 0 amide bonds. The van der Waals surface area contributed by atoms with Crippen LogP contribution in [0.25, 0.3) is 0 Å². The van der Waals surface area contributed by atoms with E-state index in [-0.39, 0.29) is 0 Å². The zero-order valence-corrected chi connectivity index (χ0v) is 11.5. The maximum Gasteiger partial charge on any atom is 0.240 e. The molecule has 0 unspecified atom stereocenters. The number of hydrogen-bond acceptors (Lipinski definition) is 2. The molecule has 0 aromatic heterocycles. The first-order valence-corrected chi connectivity index (χ1v) is 7.25. The van der Waals surface area contributed by atoms with Crippen LogP contribution in [0.15, 0.2) is 29.2 Å². The zero-order valence-electron chi connectivity index (χ0n) is 10.7. The molecule has 0 fully saturated rings. The minimum absolute atomic E-state index is 0.334. The summed E-state index contributed by atoms with van der Waals surface area (Å²) in [4.78, 5) is 1.65. The van der Waals surface area contributed by atoms with Crippen LogP contribution in [0.4, 0.5) is 0 Å². The van der Waals surface area contributed by atoms with E-state index in [2.05, 4.69) is 18.8 Å². The van der Waals surface area contributed by atoms with E-state index in [1.165, 1.54) is 4.90 Å². The lowest BCUT2D eigenvalue weighted by atomic mass is 10.2. The summed E-state index contributed by atoms with van der Waals surface area (Å²) in [6.07, 6.45) is 0.841. The SMILES string of the molecule is Cc1ccc(S(=O)(=O)NCCC[NH+](C)C)cc1. The summed E-state index contributed by atoms with van der Waals surface area (Å²) in [6, 6.07) is 6.88. The Morgan fingerprint density at radius 1 is 1.18 bits per heavy atom. The quantitative estimate of drug-likeness (QED) is 0.694. The molecule has 5 heteroatoms. The molecule has 1 rings (SSSR count). The van der Waals surface area contributed by atoms with E-state index >= 15 is 0 Å². The van der Waals surface area contributed by atoms with Crippen LogP contribution in [-0.4, -0.2) is 35.6 Å². The number of rotatable bonds is 6. The Morgan fingerprint density at radius 2 is 1.76 bits per heavy atom. The fourth-order valence-corrected chi connectivity index (χ4v) is 2.52. The first kappa shape index (κ1) is 14.2. The minimum Gasteiger partial charge on any atom is -0.340 e. The van der Waals surface area contributed by atoms with Gasteiger partial charge in [0, 0.05) is 13.0 Å². The van der Waals surface area contributed by atoms with Gasteiger partial charge in [0.15, 0.2) is 0 Å². The summed E-state index contributed by atoms with van der Waals surface area (Å²) < 4.78 is 26.3. The monoisotopic (exact) mass is 257 g/mol. The van der Waals surface area contributed by atoms with Crippen molar-refractivity contribution in [3.63, 3.8) is 0 Å². The van der Waals surface area contributed by atoms with E-state index in [0.717, 1.165) is 18.5 Å². The number of sulfonamides is 1. The number of quaternary nitrogens is 1. The van der Waals surface area contributed by atoms with Crippen LogP contribution in [-0.2, 0) is 10.0 Å². The van der Waals surface area contributed by atoms with Crippen molar-refractivity contribution in [1.82, 2.24) is 4.72 Å². The molecule has 0 aliphatic carbocycles. The molecular weight excluding hydrogens is 236 g/mol. The molecule has 4 nitrogen and oxygen atoms in total. The number of aryl methyl sites for hydroxylation is 1. The van der Waals surface area contributed by atoms with Crippen molar-refractivity contribution in [1.29, 1.82) is 0 Å². The third-order valence-corrected chi connectivity index (χ3v) is 3.95. The third-order valence-electron chi connectivity index (χ3n) is 2.48. The van der Waals surface area contributed by atoms with E-state index in [4.69, 9.17) is 0 Å². The lowest BCUT2D eigenvalue weighted by Crippen LogP contribution is -3.05. The number of benzene rings is 1. The normalized spacial score (nSPS) is 12.0. The molecule has 0 saturated carbocycles. The van der Waals surface area contributed by atoms with E-state index in [0.29, 0.717) is 11.4 Å². The highest BCUT2D eigenvalue weighted by Gasteiger charge is 2.12. The van der Waals surface area contributed by atoms with Gasteiger partial charge in [-0.15, -0.1) is 0 Å². The fourth-order valence-electron chi connectivity index (χ4n) is 1.45. The van der Waals surface area contributed by atoms with Gasteiger partial charge in [-0.3, -0.25) is 0 Å². The zero-order chi connectivity index (χ0) is 12.9. The van der Waals surface area contributed by atoms with Gasteiger partial charge in [0.25, 0.3) is 0 Å². The molecule has 1 aromatic rings. The summed E-state index contributed by atoms with van der Waals surface area (Å²) in [5.74, 6) is 0. The predicted molar refractivity (Wildman–Crippen MR) is 68.7 cm³/mol. The summed E-state index contributed by atoms with van der Waals surface area (Å²) in [5, 5.41) is 0. The van der Waals surface area contributed by atoms with Gasteiger partial charge in [0.1, 0.15) is 0 Å². The molecule has 0 heterocycles. The maximum atomic E-state index is 11.9. The van der Waals surface area contributed by atoms with Crippen LogP contribution < -0.4 is 9.62 Å². The minimum atomic E-state index is -3.33. The van der Waals surface area contributed by atoms with E-state index in [9.17, 15) is 8.42 Å². The average Bonchev–Trinajstić information content (AvgIpc) is 2.25. The first-order valence-electron chi connectivity index (χ1n) is 5.77. The molecule has 0 aliphatic rings. The molecule has 96 valence electrons. The van der Waals surface area contributed by atoms with Crippen molar-refractivity contribution >= 4 is 10.0 Å². The third kappa shape index (κ3) is 4.85. The highest BCUT2D eigenvalue weighted by Crippen LogP contribution is 2.09. The predicted octanol–water partition coefficient (Wildman–Crippen LogP) is -0.192. The van der Waals surface area contributed by atoms with Gasteiger partial charge in [0.2, 0.25) is 10.0 Å². The summed E-state index contributed by atoms with van der Waals surface area (Å²) in [5.41, 5.74) is 1.06. The Bertz CT molecular complexity index is 438. The molecule has 0 atom stereocenters. The highest BCUT2D eigenvalue weighted by atomic mass is 32.2. The Balaban J connectivity index is 2.54. The van der Waals surface area contributed by atoms with Gasteiger partial charge >= 0.3 is 0 Å². The van der Waals surface area contributed by atoms with Gasteiger partial charge < -0.3 is 4.90 Å². The molecule has 0 radical (unpaired) electrons. The van der Waals surface area contributed by atoms with Crippen molar-refractivity contribution in [3.05, 3.63) is 29.8 Å². The van der Waals surface area contributed by atoms with Crippen LogP contribution in [0.2, 0.25) is 0 Å². The van der Waals surface area contributed by atoms with Crippen LogP contribution in [0, 0.1) is 6.92 Å². The fraction of sp³-hybridized carbons (Fsp3) is 0.500. The second-order valence-corrected chi connectivity index (χ2v) is 6.29. The molecule has 2 N–H and O–H groups in total. The maximum absolute atomic E-state index is 11.9. The second kappa shape index (κ2) is 6.14. The van der Waals surface area contributed by atoms with Crippen LogP contribution >= 0.6 is 0 Å².